The van der Waals surface area contributed by atoms with Crippen molar-refractivity contribution in [2.45, 2.75) is 6.42 Å². The predicted octanol–water partition coefficient (Wildman–Crippen LogP) is 3.57. The Kier molecular flexibility index (Phi) is 2.42. The van der Waals surface area contributed by atoms with Crippen molar-refractivity contribution in [3.05, 3.63) is 53.8 Å². The van der Waals surface area contributed by atoms with E-state index >= 15 is 0 Å². The molecule has 0 spiro atoms. The van der Waals surface area contributed by atoms with Gasteiger partial charge in [0, 0.05) is 17.9 Å². The zero-order valence-corrected chi connectivity index (χ0v) is 11.2. The van der Waals surface area contributed by atoms with E-state index in [0.29, 0.717) is 0 Å². The summed E-state index contributed by atoms with van der Waals surface area (Å²) in [5.74, 6) is 0. The zero-order valence-electron chi connectivity index (χ0n) is 10.3. The summed E-state index contributed by atoms with van der Waals surface area (Å²) in [4.78, 5) is 5.55. The van der Waals surface area contributed by atoms with Crippen LogP contribution >= 0.6 is 11.3 Å². The van der Waals surface area contributed by atoms with E-state index in [1.54, 1.807) is 11.3 Å². The van der Waals surface area contributed by atoms with Crippen molar-refractivity contribution < 1.29 is 0 Å². The smallest absolute Gasteiger partial charge is 0.0997 e. The molecule has 1 aliphatic rings. The summed E-state index contributed by atoms with van der Waals surface area (Å²) in [7, 11) is 0. The maximum atomic E-state index is 4.30. The minimum absolute atomic E-state index is 1.04. The quantitative estimate of drug-likeness (QED) is 0.769. The lowest BCUT2D eigenvalue weighted by molar-refractivity contribution is 1.05. The molecule has 3 aromatic rings. The average molecular weight is 267 g/mol. The Balaban J connectivity index is 1.83. The number of hydrogen-bond donors (Lipinski definition) is 1. The second-order valence-corrected chi connectivity index (χ2v) is 5.59. The first-order chi connectivity index (χ1) is 9.42. The molecule has 0 radical (unpaired) electrons. The summed E-state index contributed by atoms with van der Waals surface area (Å²) >= 11 is 1.74. The van der Waals surface area contributed by atoms with Crippen LogP contribution in [0, 0.1) is 0 Å². The maximum absolute atomic E-state index is 4.30. The summed E-state index contributed by atoms with van der Waals surface area (Å²) in [6, 6.07) is 10.8. The van der Waals surface area contributed by atoms with Gasteiger partial charge in [-0.2, -0.15) is 0 Å². The molecule has 1 aliphatic heterocycles. The highest BCUT2D eigenvalue weighted by molar-refractivity contribution is 7.13. The van der Waals surface area contributed by atoms with Crippen LogP contribution in [0.2, 0.25) is 0 Å². The van der Waals surface area contributed by atoms with Gasteiger partial charge in [-0.1, -0.05) is 6.07 Å². The molecular weight excluding hydrogens is 254 g/mol. The van der Waals surface area contributed by atoms with Gasteiger partial charge < -0.3 is 5.32 Å². The number of nitrogens with zero attached hydrogens (tertiary/aromatic N) is 2. The topological polar surface area (TPSA) is 29.9 Å². The van der Waals surface area contributed by atoms with Gasteiger partial charge in [0.2, 0.25) is 0 Å². The third kappa shape index (κ3) is 1.76. The van der Waals surface area contributed by atoms with Crippen LogP contribution in [0.4, 0.5) is 5.69 Å². The molecule has 3 nitrogen and oxygen atoms in total. The molecule has 19 heavy (non-hydrogen) atoms. The number of hydrogen-bond acceptors (Lipinski definition) is 3. The summed E-state index contributed by atoms with van der Waals surface area (Å²) in [5, 5.41) is 5.49. The van der Waals surface area contributed by atoms with E-state index in [4.69, 9.17) is 0 Å². The van der Waals surface area contributed by atoms with Crippen molar-refractivity contribution in [3.8, 4) is 16.3 Å². The molecule has 0 bridgehead atoms. The Bertz CT molecular complexity index is 713. The average Bonchev–Trinajstić information content (AvgIpc) is 3.18. The summed E-state index contributed by atoms with van der Waals surface area (Å²) in [6.45, 7) is 1.04. The van der Waals surface area contributed by atoms with E-state index in [0.717, 1.165) is 18.7 Å². The normalized spacial score (nSPS) is 13.3. The number of nitrogens with one attached hydrogen (secondary N) is 1. The lowest BCUT2D eigenvalue weighted by atomic mass is 10.1. The minimum Gasteiger partial charge on any atom is -0.384 e. The fourth-order valence-electron chi connectivity index (χ4n) is 2.55. The summed E-state index contributed by atoms with van der Waals surface area (Å²) in [5.41, 5.74) is 4.99. The number of aromatic nitrogens is 2. The number of anilines is 1. The molecule has 1 aromatic carbocycles. The van der Waals surface area contributed by atoms with E-state index in [9.17, 15) is 0 Å². The monoisotopic (exact) mass is 267 g/mol. The van der Waals surface area contributed by atoms with E-state index in [-0.39, 0.29) is 0 Å². The van der Waals surface area contributed by atoms with E-state index in [2.05, 4.69) is 50.6 Å². The molecule has 0 saturated carbocycles. The van der Waals surface area contributed by atoms with Crippen LogP contribution < -0.4 is 5.32 Å². The molecular formula is C15H13N3S. The maximum Gasteiger partial charge on any atom is 0.0997 e. The van der Waals surface area contributed by atoms with Crippen LogP contribution in [0.3, 0.4) is 0 Å². The van der Waals surface area contributed by atoms with Crippen molar-refractivity contribution in [1.29, 1.82) is 0 Å². The van der Waals surface area contributed by atoms with Crippen LogP contribution in [-0.4, -0.2) is 16.1 Å². The molecule has 0 fully saturated rings. The van der Waals surface area contributed by atoms with E-state index in [1.165, 1.54) is 21.8 Å². The lowest BCUT2D eigenvalue weighted by Gasteiger charge is -2.09. The first kappa shape index (κ1) is 10.8. The third-order valence-electron chi connectivity index (χ3n) is 3.49. The molecule has 0 atom stereocenters. The standard InChI is InChI=1S/C15H13N3S/c1-2-15(19-7-1)14-9-16-10-18(14)12-3-4-13-11(8-12)5-6-17-13/h1-4,7-10,17H,5-6H2. The molecule has 94 valence electrons. The fourth-order valence-corrected chi connectivity index (χ4v) is 3.28. The van der Waals surface area contributed by atoms with Crippen LogP contribution in [-0.2, 0) is 6.42 Å². The van der Waals surface area contributed by atoms with Gasteiger partial charge in [-0.15, -0.1) is 11.3 Å². The second kappa shape index (κ2) is 4.24. The molecule has 1 N–H and O–H groups in total. The summed E-state index contributed by atoms with van der Waals surface area (Å²) < 4.78 is 2.16. The molecule has 0 amide bonds. The highest BCUT2D eigenvalue weighted by atomic mass is 32.1. The Hall–Kier alpha value is -2.07. The number of rotatable bonds is 2. The molecule has 4 rings (SSSR count). The molecule has 0 saturated heterocycles. The summed E-state index contributed by atoms with van der Waals surface area (Å²) in [6.07, 6.45) is 4.92. The van der Waals surface area contributed by atoms with E-state index in [1.807, 2.05) is 12.5 Å². The van der Waals surface area contributed by atoms with Crippen molar-refractivity contribution in [2.24, 2.45) is 0 Å². The highest BCUT2D eigenvalue weighted by Gasteiger charge is 2.13. The number of benzene rings is 1. The van der Waals surface area contributed by atoms with Gasteiger partial charge in [0.15, 0.2) is 0 Å². The Morgan fingerprint density at radius 2 is 2.26 bits per heavy atom. The number of thiophene rings is 1. The fraction of sp³-hybridized carbons (Fsp3) is 0.133. The van der Waals surface area contributed by atoms with Gasteiger partial charge in [-0.05, 0) is 41.6 Å². The zero-order chi connectivity index (χ0) is 12.7. The SMILES string of the molecule is c1csc(-c2cncn2-c2ccc3c(c2)CCN3)c1. The van der Waals surface area contributed by atoms with Crippen LogP contribution in [0.15, 0.2) is 48.2 Å². The van der Waals surface area contributed by atoms with Gasteiger partial charge in [-0.25, -0.2) is 4.98 Å². The Morgan fingerprint density at radius 1 is 1.26 bits per heavy atom. The van der Waals surface area contributed by atoms with Crippen molar-refractivity contribution in [2.75, 3.05) is 11.9 Å². The van der Waals surface area contributed by atoms with Gasteiger partial charge >= 0.3 is 0 Å². The van der Waals surface area contributed by atoms with Gasteiger partial charge in [0.1, 0.15) is 0 Å². The van der Waals surface area contributed by atoms with Crippen molar-refractivity contribution in [3.63, 3.8) is 0 Å². The van der Waals surface area contributed by atoms with E-state index < -0.39 is 0 Å². The van der Waals surface area contributed by atoms with Gasteiger partial charge in [-0.3, -0.25) is 4.57 Å². The van der Waals surface area contributed by atoms with Crippen molar-refractivity contribution in [1.82, 2.24) is 9.55 Å². The Morgan fingerprint density at radius 3 is 3.16 bits per heavy atom. The minimum atomic E-state index is 1.04. The molecule has 4 heteroatoms. The number of imidazole rings is 1. The van der Waals surface area contributed by atoms with Crippen molar-refractivity contribution >= 4 is 17.0 Å². The lowest BCUT2D eigenvalue weighted by Crippen LogP contribution is -1.95. The highest BCUT2D eigenvalue weighted by Crippen LogP contribution is 2.29. The van der Waals surface area contributed by atoms with Crippen LogP contribution in [0.5, 0.6) is 0 Å². The van der Waals surface area contributed by atoms with Crippen LogP contribution in [0.1, 0.15) is 5.56 Å². The predicted molar refractivity (Wildman–Crippen MR) is 79.1 cm³/mol. The third-order valence-corrected chi connectivity index (χ3v) is 4.38. The molecule has 0 unspecified atom stereocenters. The Labute approximate surface area is 115 Å². The first-order valence-corrected chi connectivity index (χ1v) is 7.23. The van der Waals surface area contributed by atoms with Gasteiger partial charge in [0.25, 0.3) is 0 Å². The van der Waals surface area contributed by atoms with Crippen LogP contribution in [0.25, 0.3) is 16.3 Å². The molecule has 3 heterocycles. The molecule has 0 aliphatic carbocycles. The molecule has 2 aromatic heterocycles. The number of fused-ring (bicyclic) bond motifs is 1. The second-order valence-electron chi connectivity index (χ2n) is 4.64. The first-order valence-electron chi connectivity index (χ1n) is 6.35. The van der Waals surface area contributed by atoms with Gasteiger partial charge in [0.05, 0.1) is 23.1 Å². The largest absolute Gasteiger partial charge is 0.384 e.